The molecule has 0 aliphatic heterocycles. The molecule has 0 aliphatic rings. The van der Waals surface area contributed by atoms with Gasteiger partial charge in [0.15, 0.2) is 6.61 Å². The fraction of sp³-hybridized carbons (Fsp3) is 0.235. The number of aliphatic hydroxyl groups excluding tert-OH is 1. The Labute approximate surface area is 144 Å². The van der Waals surface area contributed by atoms with Crippen LogP contribution in [0.1, 0.15) is 5.56 Å². The first kappa shape index (κ1) is 18.4. The number of rotatable bonds is 8. The van der Waals surface area contributed by atoms with Crippen molar-refractivity contribution in [2.24, 2.45) is 5.73 Å². The lowest BCUT2D eigenvalue weighted by Gasteiger charge is -2.08. The highest BCUT2D eigenvalue weighted by atomic mass is 16.6. The van der Waals surface area contributed by atoms with Crippen LogP contribution >= 0.6 is 0 Å². The van der Waals surface area contributed by atoms with Crippen molar-refractivity contribution in [2.45, 2.75) is 6.61 Å². The molecule has 2 aromatic rings. The maximum absolute atomic E-state index is 11.5. The average molecular weight is 345 g/mol. The van der Waals surface area contributed by atoms with E-state index in [1.807, 2.05) is 0 Å². The fourth-order valence-corrected chi connectivity index (χ4v) is 2.22. The van der Waals surface area contributed by atoms with Crippen molar-refractivity contribution in [2.75, 3.05) is 19.7 Å². The van der Waals surface area contributed by atoms with E-state index < -0.39 is 11.5 Å². The zero-order valence-corrected chi connectivity index (χ0v) is 13.5. The summed E-state index contributed by atoms with van der Waals surface area (Å²) in [6.07, 6.45) is 0. The molecule has 0 spiro atoms. The number of nitro groups is 1. The Balaban J connectivity index is 2.07. The van der Waals surface area contributed by atoms with Gasteiger partial charge in [-0.1, -0.05) is 12.1 Å². The Morgan fingerprint density at radius 3 is 2.48 bits per heavy atom. The van der Waals surface area contributed by atoms with E-state index in [0.29, 0.717) is 18.8 Å². The number of carbonyl (C=O) groups excluding carboxylic acids is 1. The van der Waals surface area contributed by atoms with E-state index in [1.54, 1.807) is 36.4 Å². The van der Waals surface area contributed by atoms with Crippen molar-refractivity contribution in [1.29, 1.82) is 0 Å². The van der Waals surface area contributed by atoms with Crippen LogP contribution in [0.4, 0.5) is 5.69 Å². The molecule has 0 saturated heterocycles. The first-order chi connectivity index (χ1) is 12.0. The second-order valence-electron chi connectivity index (χ2n) is 5.21. The van der Waals surface area contributed by atoms with Crippen molar-refractivity contribution in [1.82, 2.24) is 5.32 Å². The van der Waals surface area contributed by atoms with E-state index >= 15 is 0 Å². The van der Waals surface area contributed by atoms with Gasteiger partial charge in [-0.2, -0.15) is 0 Å². The lowest BCUT2D eigenvalue weighted by Crippen LogP contribution is -2.32. The van der Waals surface area contributed by atoms with Crippen molar-refractivity contribution in [3.63, 3.8) is 0 Å². The van der Waals surface area contributed by atoms with Crippen LogP contribution in [0.25, 0.3) is 11.1 Å². The third-order valence-corrected chi connectivity index (χ3v) is 3.47. The van der Waals surface area contributed by atoms with Gasteiger partial charge in [-0.25, -0.2) is 0 Å². The fourth-order valence-electron chi connectivity index (χ4n) is 2.22. The molecule has 0 aliphatic carbocycles. The second kappa shape index (κ2) is 8.76. The van der Waals surface area contributed by atoms with E-state index in [1.165, 1.54) is 6.07 Å². The SMILES string of the molecule is NCCNC(=O)COc1ccc(-c2ccc([N+](=O)[O-])c(CO)c2)cc1. The molecule has 25 heavy (non-hydrogen) atoms. The number of amides is 1. The Kier molecular flexibility index (Phi) is 6.44. The first-order valence-electron chi connectivity index (χ1n) is 7.63. The van der Waals surface area contributed by atoms with Gasteiger partial charge in [-0.15, -0.1) is 0 Å². The number of carbonyl (C=O) groups is 1. The number of nitrogens with one attached hydrogen (secondary N) is 1. The molecule has 0 saturated carbocycles. The molecule has 0 atom stereocenters. The molecule has 8 nitrogen and oxygen atoms in total. The van der Waals surface area contributed by atoms with Crippen LogP contribution in [0, 0.1) is 10.1 Å². The first-order valence-corrected chi connectivity index (χ1v) is 7.63. The lowest BCUT2D eigenvalue weighted by atomic mass is 10.0. The van der Waals surface area contributed by atoms with E-state index in [4.69, 9.17) is 10.5 Å². The van der Waals surface area contributed by atoms with Crippen LogP contribution in [0.2, 0.25) is 0 Å². The van der Waals surface area contributed by atoms with Gasteiger partial charge in [-0.05, 0) is 35.4 Å². The lowest BCUT2D eigenvalue weighted by molar-refractivity contribution is -0.385. The zero-order chi connectivity index (χ0) is 18.2. The molecule has 2 aromatic carbocycles. The monoisotopic (exact) mass is 345 g/mol. The Hall–Kier alpha value is -2.97. The quantitative estimate of drug-likeness (QED) is 0.487. The summed E-state index contributed by atoms with van der Waals surface area (Å²) in [5, 5.41) is 22.8. The summed E-state index contributed by atoms with van der Waals surface area (Å²) in [5.74, 6) is 0.272. The molecule has 2 rings (SSSR count). The molecule has 0 aromatic heterocycles. The van der Waals surface area contributed by atoms with Gasteiger partial charge in [0.05, 0.1) is 17.1 Å². The summed E-state index contributed by atoms with van der Waals surface area (Å²) < 4.78 is 5.37. The molecule has 132 valence electrons. The summed E-state index contributed by atoms with van der Waals surface area (Å²) in [6, 6.07) is 11.5. The summed E-state index contributed by atoms with van der Waals surface area (Å²) in [4.78, 5) is 21.8. The minimum atomic E-state index is -0.526. The number of ether oxygens (including phenoxy) is 1. The normalized spacial score (nSPS) is 10.3. The van der Waals surface area contributed by atoms with E-state index in [-0.39, 0.29) is 23.8 Å². The number of aliphatic hydroxyl groups is 1. The molecule has 8 heteroatoms. The molecule has 0 fully saturated rings. The smallest absolute Gasteiger partial charge is 0.274 e. The highest BCUT2D eigenvalue weighted by Gasteiger charge is 2.13. The van der Waals surface area contributed by atoms with E-state index in [0.717, 1.165) is 11.1 Å². The van der Waals surface area contributed by atoms with Gasteiger partial charge in [0.25, 0.3) is 11.6 Å². The number of nitrogens with two attached hydrogens (primary N) is 1. The minimum absolute atomic E-state index is 0.106. The van der Waals surface area contributed by atoms with Crippen LogP contribution < -0.4 is 15.8 Å². The molecule has 0 unspecified atom stereocenters. The van der Waals surface area contributed by atoms with E-state index in [9.17, 15) is 20.0 Å². The van der Waals surface area contributed by atoms with Crippen LogP contribution in [0.3, 0.4) is 0 Å². The maximum Gasteiger partial charge on any atom is 0.274 e. The summed E-state index contributed by atoms with van der Waals surface area (Å²) in [5.41, 5.74) is 6.98. The van der Waals surface area contributed by atoms with Gasteiger partial charge in [0.1, 0.15) is 5.75 Å². The molecular weight excluding hydrogens is 326 g/mol. The molecule has 0 radical (unpaired) electrons. The van der Waals surface area contributed by atoms with Crippen LogP contribution in [0.15, 0.2) is 42.5 Å². The van der Waals surface area contributed by atoms with Crippen LogP contribution in [0.5, 0.6) is 5.75 Å². The molecule has 0 bridgehead atoms. The highest BCUT2D eigenvalue weighted by molar-refractivity contribution is 5.77. The zero-order valence-electron chi connectivity index (χ0n) is 13.5. The van der Waals surface area contributed by atoms with Crippen LogP contribution in [-0.4, -0.2) is 35.6 Å². The molecule has 0 heterocycles. The topological polar surface area (TPSA) is 128 Å². The molecule has 4 N–H and O–H groups in total. The summed E-state index contributed by atoms with van der Waals surface area (Å²) >= 11 is 0. The van der Waals surface area contributed by atoms with Crippen molar-refractivity contribution in [3.8, 4) is 16.9 Å². The number of nitro benzene ring substituents is 1. The van der Waals surface area contributed by atoms with Crippen molar-refractivity contribution < 1.29 is 19.6 Å². The van der Waals surface area contributed by atoms with E-state index in [2.05, 4.69) is 5.32 Å². The molecule has 1 amide bonds. The Bertz CT molecular complexity index is 746. The predicted octanol–water partition coefficient (Wildman–Crippen LogP) is 1.21. The largest absolute Gasteiger partial charge is 0.484 e. The number of benzene rings is 2. The average Bonchev–Trinajstić information content (AvgIpc) is 2.64. The van der Waals surface area contributed by atoms with Gasteiger partial charge < -0.3 is 20.9 Å². The van der Waals surface area contributed by atoms with Crippen molar-refractivity contribution >= 4 is 11.6 Å². The van der Waals surface area contributed by atoms with Crippen LogP contribution in [-0.2, 0) is 11.4 Å². The molecular formula is C17H19N3O5. The third kappa shape index (κ3) is 5.00. The Morgan fingerprint density at radius 1 is 1.20 bits per heavy atom. The third-order valence-electron chi connectivity index (χ3n) is 3.47. The minimum Gasteiger partial charge on any atom is -0.484 e. The number of hydrogen-bond donors (Lipinski definition) is 3. The standard InChI is InChI=1S/C17H19N3O5/c18-7-8-19-17(22)11-25-15-4-1-12(2-5-15)13-3-6-16(20(23)24)14(9-13)10-21/h1-6,9,21H,7-8,10-11,18H2,(H,19,22). The maximum atomic E-state index is 11.5. The second-order valence-corrected chi connectivity index (χ2v) is 5.21. The summed E-state index contributed by atoms with van der Waals surface area (Å²) in [6.45, 7) is 0.245. The van der Waals surface area contributed by atoms with Gasteiger partial charge in [0.2, 0.25) is 0 Å². The van der Waals surface area contributed by atoms with Gasteiger partial charge >= 0.3 is 0 Å². The highest BCUT2D eigenvalue weighted by Crippen LogP contribution is 2.28. The van der Waals surface area contributed by atoms with Gasteiger partial charge in [-0.3, -0.25) is 14.9 Å². The van der Waals surface area contributed by atoms with Crippen molar-refractivity contribution in [3.05, 3.63) is 58.1 Å². The predicted molar refractivity (Wildman–Crippen MR) is 92.0 cm³/mol. The number of hydrogen-bond acceptors (Lipinski definition) is 6. The summed E-state index contributed by atoms with van der Waals surface area (Å²) in [7, 11) is 0. The van der Waals surface area contributed by atoms with Gasteiger partial charge in [0, 0.05) is 19.2 Å². The number of nitrogens with zero attached hydrogens (tertiary/aromatic N) is 1. The Morgan fingerprint density at radius 2 is 1.88 bits per heavy atom.